The van der Waals surface area contributed by atoms with Gasteiger partial charge >= 0.3 is 0 Å². The van der Waals surface area contributed by atoms with E-state index in [9.17, 15) is 4.79 Å². The molecular formula is C26H37N5O3S. The number of piperidine rings is 1. The van der Waals surface area contributed by atoms with Crippen LogP contribution in [-0.4, -0.2) is 73.1 Å². The van der Waals surface area contributed by atoms with Gasteiger partial charge in [0.2, 0.25) is 5.91 Å². The van der Waals surface area contributed by atoms with Crippen LogP contribution in [0.15, 0.2) is 35.5 Å². The summed E-state index contributed by atoms with van der Waals surface area (Å²) in [6, 6.07) is 5.96. The molecule has 0 aromatic heterocycles. The number of methoxy groups -OCH3 is 2. The molecule has 2 heterocycles. The van der Waals surface area contributed by atoms with Gasteiger partial charge in [0.15, 0.2) is 16.6 Å². The first-order valence-corrected chi connectivity index (χ1v) is 13.0. The lowest BCUT2D eigenvalue weighted by atomic mass is 9.76. The minimum absolute atomic E-state index is 0.0702. The van der Waals surface area contributed by atoms with Crippen LogP contribution in [0.1, 0.15) is 44.1 Å². The van der Waals surface area contributed by atoms with Crippen LogP contribution in [0.25, 0.3) is 0 Å². The van der Waals surface area contributed by atoms with Crippen LogP contribution < -0.4 is 20.5 Å². The Labute approximate surface area is 213 Å². The van der Waals surface area contributed by atoms with Gasteiger partial charge in [0.25, 0.3) is 0 Å². The molecule has 1 amide bonds. The van der Waals surface area contributed by atoms with Crippen molar-refractivity contribution >= 4 is 28.9 Å². The number of carbonyl (C=O) groups is 1. The molecule has 9 heteroatoms. The zero-order chi connectivity index (χ0) is 24.8. The number of hydrogen-bond acceptors (Lipinski definition) is 6. The zero-order valence-electron chi connectivity index (χ0n) is 20.7. The monoisotopic (exact) mass is 499 g/mol. The molecule has 4 rings (SSSR count). The van der Waals surface area contributed by atoms with Crippen molar-refractivity contribution in [2.45, 2.75) is 44.6 Å². The fourth-order valence-corrected chi connectivity index (χ4v) is 5.50. The summed E-state index contributed by atoms with van der Waals surface area (Å²) in [4.78, 5) is 15.8. The molecule has 1 aromatic rings. The van der Waals surface area contributed by atoms with Gasteiger partial charge in [-0.1, -0.05) is 12.2 Å². The Morgan fingerprint density at radius 2 is 1.83 bits per heavy atom. The number of amides is 1. The molecule has 35 heavy (non-hydrogen) atoms. The maximum Gasteiger partial charge on any atom is 0.247 e. The van der Waals surface area contributed by atoms with Crippen molar-refractivity contribution in [1.29, 1.82) is 0 Å². The van der Waals surface area contributed by atoms with Crippen LogP contribution in [-0.2, 0) is 4.79 Å². The molecule has 0 spiro atoms. The molecule has 1 aromatic carbocycles. The number of thiocarbonyl (C=S) groups is 1. The largest absolute Gasteiger partial charge is 0.493 e. The van der Waals surface area contributed by atoms with Gasteiger partial charge in [0, 0.05) is 31.1 Å². The Kier molecular flexibility index (Phi) is 8.62. The molecule has 1 saturated heterocycles. The quantitative estimate of drug-likeness (QED) is 0.323. The highest BCUT2D eigenvalue weighted by Gasteiger charge is 2.43. The molecule has 3 N–H and O–H groups in total. The Hall–Kier alpha value is -2.65. The summed E-state index contributed by atoms with van der Waals surface area (Å²) >= 11 is 5.59. The second-order valence-electron chi connectivity index (χ2n) is 9.34. The Balaban J connectivity index is 1.51. The Bertz CT molecular complexity index is 974. The van der Waals surface area contributed by atoms with Crippen molar-refractivity contribution in [1.82, 2.24) is 15.2 Å². The molecule has 190 valence electrons. The van der Waals surface area contributed by atoms with Gasteiger partial charge in [-0.2, -0.15) is 5.10 Å². The number of carbonyl (C=O) groups excluding carboxylic acids is 1. The van der Waals surface area contributed by atoms with E-state index < -0.39 is 0 Å². The first kappa shape index (κ1) is 25.4. The maximum absolute atomic E-state index is 13.6. The fraction of sp³-hybridized carbons (Fsp3) is 0.577. The number of nitrogens with zero attached hydrogens (tertiary/aromatic N) is 3. The second kappa shape index (κ2) is 11.9. The minimum atomic E-state index is -0.0797. The van der Waals surface area contributed by atoms with E-state index in [0.717, 1.165) is 74.5 Å². The van der Waals surface area contributed by atoms with Gasteiger partial charge in [-0.3, -0.25) is 4.79 Å². The van der Waals surface area contributed by atoms with Crippen LogP contribution in [0.5, 0.6) is 11.5 Å². The van der Waals surface area contributed by atoms with Crippen molar-refractivity contribution in [2.75, 3.05) is 40.4 Å². The highest BCUT2D eigenvalue weighted by atomic mass is 32.1. The van der Waals surface area contributed by atoms with E-state index in [1.807, 2.05) is 18.2 Å². The SMILES string of the molecule is COc1ccc(C2=NN(C3CCN(C(=S)NCCCCN)CC3)C(=O)[C@@H]3CC=CC[C@H]23)cc1OC. The number of likely N-dealkylation sites (tertiary alicyclic amines) is 1. The van der Waals surface area contributed by atoms with E-state index in [-0.39, 0.29) is 23.8 Å². The molecule has 8 nitrogen and oxygen atoms in total. The summed E-state index contributed by atoms with van der Waals surface area (Å²) in [6.07, 6.45) is 9.56. The van der Waals surface area contributed by atoms with Gasteiger partial charge in [-0.15, -0.1) is 0 Å². The van der Waals surface area contributed by atoms with Gasteiger partial charge in [0.05, 0.1) is 31.9 Å². The number of rotatable bonds is 8. The third kappa shape index (κ3) is 5.62. The van der Waals surface area contributed by atoms with E-state index in [1.54, 1.807) is 19.2 Å². The summed E-state index contributed by atoms with van der Waals surface area (Å²) in [5.74, 6) is 1.49. The summed E-state index contributed by atoms with van der Waals surface area (Å²) in [6.45, 7) is 3.17. The number of fused-ring (bicyclic) bond motifs is 1. The summed E-state index contributed by atoms with van der Waals surface area (Å²) in [5.41, 5.74) is 7.51. The molecule has 1 aliphatic carbocycles. The van der Waals surface area contributed by atoms with E-state index in [4.69, 9.17) is 32.5 Å². The smallest absolute Gasteiger partial charge is 0.247 e. The maximum atomic E-state index is 13.6. The fourth-order valence-electron chi connectivity index (χ4n) is 5.22. The average Bonchev–Trinajstić information content (AvgIpc) is 2.91. The van der Waals surface area contributed by atoms with Crippen LogP contribution in [0.2, 0.25) is 0 Å². The molecular weight excluding hydrogens is 462 g/mol. The molecule has 1 fully saturated rings. The molecule has 0 saturated carbocycles. The lowest BCUT2D eigenvalue weighted by Crippen LogP contribution is -2.53. The normalized spacial score (nSPS) is 22.5. The molecule has 0 bridgehead atoms. The molecule has 2 aliphatic heterocycles. The number of hydrazone groups is 1. The van der Waals surface area contributed by atoms with E-state index in [1.165, 1.54) is 0 Å². The predicted octanol–water partition coefficient (Wildman–Crippen LogP) is 2.91. The standard InChI is InChI=1S/C26H37N5O3S/c1-33-22-10-9-18(17-23(22)34-2)24-20-7-3-4-8-21(20)25(32)31(29-24)19-11-15-30(16-12-19)26(35)28-14-6-5-13-27/h3-4,9-10,17,19-21H,5-8,11-16,27H2,1-2H3,(H,28,35)/t20-,21+/m0/s1. The summed E-state index contributed by atoms with van der Waals surface area (Å²) in [7, 11) is 3.27. The molecule has 2 atom stereocenters. The zero-order valence-corrected chi connectivity index (χ0v) is 21.6. The van der Waals surface area contributed by atoms with E-state index >= 15 is 0 Å². The predicted molar refractivity (Wildman–Crippen MR) is 142 cm³/mol. The van der Waals surface area contributed by atoms with E-state index in [2.05, 4.69) is 22.4 Å². The number of nitrogens with one attached hydrogen (secondary N) is 1. The third-order valence-electron chi connectivity index (χ3n) is 7.23. The van der Waals surface area contributed by atoms with Crippen LogP contribution in [0, 0.1) is 11.8 Å². The number of benzene rings is 1. The number of allylic oxidation sites excluding steroid dienone is 2. The van der Waals surface area contributed by atoms with Crippen molar-refractivity contribution < 1.29 is 14.3 Å². The first-order chi connectivity index (χ1) is 17.1. The Morgan fingerprint density at radius 3 is 2.51 bits per heavy atom. The topological polar surface area (TPSA) is 92.4 Å². The summed E-state index contributed by atoms with van der Waals surface area (Å²) < 4.78 is 11.0. The van der Waals surface area contributed by atoms with Crippen molar-refractivity contribution in [3.8, 4) is 11.5 Å². The van der Waals surface area contributed by atoms with Gasteiger partial charge in [-0.05, 0) is 75.5 Å². The molecule has 0 radical (unpaired) electrons. The van der Waals surface area contributed by atoms with Crippen molar-refractivity contribution in [3.63, 3.8) is 0 Å². The third-order valence-corrected chi connectivity index (χ3v) is 7.63. The lowest BCUT2D eigenvalue weighted by molar-refractivity contribution is -0.141. The number of ether oxygens (including phenoxy) is 2. The highest BCUT2D eigenvalue weighted by molar-refractivity contribution is 7.80. The highest BCUT2D eigenvalue weighted by Crippen LogP contribution is 2.38. The molecule has 3 aliphatic rings. The van der Waals surface area contributed by atoms with Gasteiger partial charge in [0.1, 0.15) is 0 Å². The lowest BCUT2D eigenvalue weighted by Gasteiger charge is -2.43. The summed E-state index contributed by atoms with van der Waals surface area (Å²) in [5, 5.41) is 10.9. The average molecular weight is 500 g/mol. The Morgan fingerprint density at radius 1 is 1.11 bits per heavy atom. The minimum Gasteiger partial charge on any atom is -0.493 e. The van der Waals surface area contributed by atoms with Gasteiger partial charge < -0.3 is 25.4 Å². The first-order valence-electron chi connectivity index (χ1n) is 12.6. The van der Waals surface area contributed by atoms with Crippen LogP contribution in [0.4, 0.5) is 0 Å². The van der Waals surface area contributed by atoms with Crippen LogP contribution in [0.3, 0.4) is 0 Å². The number of nitrogens with two attached hydrogens (primary N) is 1. The van der Waals surface area contributed by atoms with Crippen molar-refractivity contribution in [3.05, 3.63) is 35.9 Å². The van der Waals surface area contributed by atoms with Crippen LogP contribution >= 0.6 is 12.2 Å². The second-order valence-corrected chi connectivity index (χ2v) is 9.73. The van der Waals surface area contributed by atoms with Crippen molar-refractivity contribution in [2.24, 2.45) is 22.7 Å². The molecule has 0 unspecified atom stereocenters. The van der Waals surface area contributed by atoms with E-state index in [0.29, 0.717) is 18.0 Å². The number of hydrogen-bond donors (Lipinski definition) is 2. The number of unbranched alkanes of at least 4 members (excludes halogenated alkanes) is 1. The van der Waals surface area contributed by atoms with Gasteiger partial charge in [-0.25, -0.2) is 5.01 Å².